The van der Waals surface area contributed by atoms with E-state index in [1.807, 2.05) is 6.08 Å². The Balaban J connectivity index is 2.15. The zero-order valence-electron chi connectivity index (χ0n) is 60.4. The van der Waals surface area contributed by atoms with E-state index in [-0.39, 0.29) is 12.5 Å². The maximum atomic E-state index is 13.2. The fourth-order valence-electron chi connectivity index (χ4n) is 11.6. The number of ether oxygens (including phenoxy) is 2. The van der Waals surface area contributed by atoms with Crippen molar-refractivity contribution >= 4 is 5.91 Å². The minimum absolute atomic E-state index is 0.198. The summed E-state index contributed by atoms with van der Waals surface area (Å²) >= 11 is 0. The largest absolute Gasteiger partial charge is 0.394 e. The predicted molar refractivity (Wildman–Crippen MR) is 405 cm³/mol. The molecule has 7 atom stereocenters. The summed E-state index contributed by atoms with van der Waals surface area (Å²) in [5, 5.41) is 54.9. The van der Waals surface area contributed by atoms with Crippen molar-refractivity contribution in [1.82, 2.24) is 5.32 Å². The van der Waals surface area contributed by atoms with E-state index in [4.69, 9.17) is 9.47 Å². The Hall–Kier alpha value is -3.93. The van der Waals surface area contributed by atoms with Crippen molar-refractivity contribution < 1.29 is 39.8 Å². The van der Waals surface area contributed by atoms with Crippen molar-refractivity contribution in [2.75, 3.05) is 13.2 Å². The molecule has 538 valence electrons. The molecule has 0 aromatic heterocycles. The monoisotopic (exact) mass is 1310 g/mol. The van der Waals surface area contributed by atoms with Gasteiger partial charge >= 0.3 is 0 Å². The van der Waals surface area contributed by atoms with E-state index in [0.717, 1.165) is 128 Å². The molecule has 0 saturated carbocycles. The highest BCUT2D eigenvalue weighted by molar-refractivity contribution is 5.76. The molecule has 1 heterocycles. The molecule has 0 radical (unpaired) electrons. The summed E-state index contributed by atoms with van der Waals surface area (Å²) < 4.78 is 11.3. The van der Waals surface area contributed by atoms with Gasteiger partial charge in [0.05, 0.1) is 25.4 Å². The smallest absolute Gasteiger partial charge is 0.220 e. The lowest BCUT2D eigenvalue weighted by Gasteiger charge is -2.40. The summed E-state index contributed by atoms with van der Waals surface area (Å²) in [7, 11) is 0. The SMILES string of the molecule is CC/C=C\C/C=C\C/C=C\C/C=C\C/C=C\C/C=C\C/C=C\C/C=C\C/C=C\C/C=C\C/C=C\CCCCCCCC(=O)NC(COC1OC(CO)C(O)C(O)C1O)C(O)/C=C/CCCCCCCCCCCCCCCCCCCCCCCCCCCCCCCC. The van der Waals surface area contributed by atoms with Crippen molar-refractivity contribution in [2.45, 2.75) is 371 Å². The van der Waals surface area contributed by atoms with E-state index >= 15 is 0 Å². The molecule has 1 aliphatic rings. The first-order valence-electron chi connectivity index (χ1n) is 39.1. The van der Waals surface area contributed by atoms with Crippen LogP contribution in [0, 0.1) is 0 Å². The average Bonchev–Trinajstić information content (AvgIpc) is 0.829. The van der Waals surface area contributed by atoms with Gasteiger partial charge in [-0.05, 0) is 103 Å². The van der Waals surface area contributed by atoms with Gasteiger partial charge in [-0.25, -0.2) is 0 Å². The lowest BCUT2D eigenvalue weighted by Crippen LogP contribution is -2.60. The lowest BCUT2D eigenvalue weighted by molar-refractivity contribution is -0.302. The molecule has 9 heteroatoms. The number of carbonyl (C=O) groups excluding carboxylic acids is 1. The Morgan fingerprint density at radius 2 is 0.660 bits per heavy atom. The Bertz CT molecular complexity index is 2010. The number of amides is 1. The molecule has 1 fully saturated rings. The molecule has 0 spiro atoms. The van der Waals surface area contributed by atoms with E-state index in [2.05, 4.69) is 153 Å². The molecule has 1 saturated heterocycles. The van der Waals surface area contributed by atoms with Gasteiger partial charge in [0, 0.05) is 6.42 Å². The highest BCUT2D eigenvalue weighted by atomic mass is 16.7. The van der Waals surface area contributed by atoms with Gasteiger partial charge in [-0.1, -0.05) is 365 Å². The van der Waals surface area contributed by atoms with Gasteiger partial charge in [0.1, 0.15) is 24.4 Å². The molecule has 0 aromatic carbocycles. The zero-order chi connectivity index (χ0) is 67.8. The predicted octanol–water partition coefficient (Wildman–Crippen LogP) is 22.5. The van der Waals surface area contributed by atoms with Crippen LogP contribution in [0.3, 0.4) is 0 Å². The van der Waals surface area contributed by atoms with Crippen LogP contribution in [0.25, 0.3) is 0 Å². The highest BCUT2D eigenvalue weighted by Crippen LogP contribution is 2.23. The van der Waals surface area contributed by atoms with Gasteiger partial charge < -0.3 is 40.3 Å². The summed E-state index contributed by atoms with van der Waals surface area (Å²) in [4.78, 5) is 13.2. The second-order valence-corrected chi connectivity index (χ2v) is 26.4. The number of aliphatic hydroxyl groups is 5. The Labute approximate surface area is 578 Å². The fourth-order valence-corrected chi connectivity index (χ4v) is 11.6. The van der Waals surface area contributed by atoms with Crippen molar-refractivity contribution in [3.8, 4) is 0 Å². The summed E-state index contributed by atoms with van der Waals surface area (Å²) in [6.45, 7) is 3.68. The quantitative estimate of drug-likeness (QED) is 0.0261. The second-order valence-electron chi connectivity index (χ2n) is 26.4. The third kappa shape index (κ3) is 59.3. The average molecular weight is 1310 g/mol. The molecule has 0 bridgehead atoms. The Kier molecular flexibility index (Phi) is 67.3. The molecule has 0 aromatic rings. The van der Waals surface area contributed by atoms with Crippen LogP contribution in [0.4, 0.5) is 0 Å². The summed E-state index contributed by atoms with van der Waals surface area (Å²) in [5.74, 6) is -0.198. The molecular weight excluding hydrogens is 1160 g/mol. The van der Waals surface area contributed by atoms with Crippen LogP contribution in [-0.2, 0) is 14.3 Å². The molecule has 7 unspecified atom stereocenters. The van der Waals surface area contributed by atoms with Crippen molar-refractivity contribution in [3.05, 3.63) is 146 Å². The van der Waals surface area contributed by atoms with Gasteiger partial charge in [-0.3, -0.25) is 4.79 Å². The van der Waals surface area contributed by atoms with E-state index in [9.17, 15) is 30.3 Å². The van der Waals surface area contributed by atoms with Crippen molar-refractivity contribution in [3.63, 3.8) is 0 Å². The molecule has 1 aliphatic heterocycles. The van der Waals surface area contributed by atoms with Gasteiger partial charge in [-0.15, -0.1) is 0 Å². The van der Waals surface area contributed by atoms with Crippen LogP contribution < -0.4 is 5.32 Å². The van der Waals surface area contributed by atoms with Gasteiger partial charge in [0.2, 0.25) is 5.91 Å². The third-order valence-electron chi connectivity index (χ3n) is 17.7. The van der Waals surface area contributed by atoms with E-state index in [1.54, 1.807) is 6.08 Å². The van der Waals surface area contributed by atoms with Crippen molar-refractivity contribution in [2.24, 2.45) is 0 Å². The molecular formula is C85H145NO8. The zero-order valence-corrected chi connectivity index (χ0v) is 60.4. The first-order valence-corrected chi connectivity index (χ1v) is 39.1. The number of hydrogen-bond acceptors (Lipinski definition) is 8. The number of allylic oxidation sites excluding steroid dienone is 23. The van der Waals surface area contributed by atoms with Gasteiger partial charge in [0.15, 0.2) is 6.29 Å². The summed E-state index contributed by atoms with van der Waals surface area (Å²) in [5.41, 5.74) is 0. The topological polar surface area (TPSA) is 149 Å². The molecule has 94 heavy (non-hydrogen) atoms. The summed E-state index contributed by atoms with van der Waals surface area (Å²) in [6.07, 6.45) is 104. The molecule has 9 nitrogen and oxygen atoms in total. The standard InChI is InChI=1S/C85H145NO8/c1-3-5-7-9-11-13-15-17-19-21-23-25-27-29-31-33-35-37-38-39-40-41-42-43-45-47-49-51-53-55-57-59-61-63-65-67-69-71-73-75-81(89)86-78(77-93-85-84(92)83(91)82(90)80(76-87)94-85)79(88)74-72-70-68-66-64-62-60-58-56-54-52-50-48-46-44-36-34-32-30-28-26-24-22-20-18-16-14-12-10-8-6-4-2/h5,7,11,13,17,19,23,25,29,31,35,37,39-40,42-43,47,49,53,55,59,61,72,74,78-80,82-85,87-88,90-92H,3-4,6,8-10,12,14-16,18,20-22,24,26-28,30,32-34,36,38,41,44-46,48,50-52,54,56-58,60,62-71,73,75-77H2,1-2H3,(H,86,89)/b7-5-,13-11-,19-17-,25-23-,31-29-,37-35-,40-39-,43-42-,49-47-,55-53-,61-59-,74-72+. The Morgan fingerprint density at radius 1 is 0.372 bits per heavy atom. The first-order chi connectivity index (χ1) is 46.3. The lowest BCUT2D eigenvalue weighted by atomic mass is 9.99. The van der Waals surface area contributed by atoms with Crippen LogP contribution in [0.1, 0.15) is 328 Å². The van der Waals surface area contributed by atoms with Gasteiger partial charge in [-0.2, -0.15) is 0 Å². The van der Waals surface area contributed by atoms with E-state index < -0.39 is 49.5 Å². The second kappa shape index (κ2) is 71.8. The number of nitrogens with one attached hydrogen (secondary N) is 1. The molecule has 1 rings (SSSR count). The minimum Gasteiger partial charge on any atom is -0.394 e. The van der Waals surface area contributed by atoms with Crippen LogP contribution in [0.15, 0.2) is 146 Å². The van der Waals surface area contributed by atoms with Crippen molar-refractivity contribution in [1.29, 1.82) is 0 Å². The number of aliphatic hydroxyl groups excluding tert-OH is 5. The number of hydrogen-bond donors (Lipinski definition) is 6. The maximum Gasteiger partial charge on any atom is 0.220 e. The molecule has 0 aliphatic carbocycles. The number of unbranched alkanes of at least 4 members (excludes halogenated alkanes) is 35. The van der Waals surface area contributed by atoms with Crippen LogP contribution in [0.2, 0.25) is 0 Å². The Morgan fingerprint density at radius 3 is 0.979 bits per heavy atom. The fraction of sp³-hybridized carbons (Fsp3) is 0.706. The van der Waals surface area contributed by atoms with Crippen LogP contribution in [-0.4, -0.2) is 87.5 Å². The molecule has 1 amide bonds. The van der Waals surface area contributed by atoms with E-state index in [0.29, 0.717) is 6.42 Å². The van der Waals surface area contributed by atoms with Crippen LogP contribution in [0.5, 0.6) is 0 Å². The minimum atomic E-state index is -1.58. The highest BCUT2D eigenvalue weighted by Gasteiger charge is 2.44. The maximum absolute atomic E-state index is 13.2. The third-order valence-corrected chi connectivity index (χ3v) is 17.7. The number of carbonyl (C=O) groups is 1. The molecule has 6 N–H and O–H groups in total. The van der Waals surface area contributed by atoms with E-state index in [1.165, 1.54) is 180 Å². The number of rotatable bonds is 67. The normalized spacial score (nSPS) is 18.4. The summed E-state index contributed by atoms with van der Waals surface area (Å²) in [6, 6.07) is -0.829. The van der Waals surface area contributed by atoms with Crippen LogP contribution >= 0.6 is 0 Å². The first kappa shape index (κ1) is 88.1. The van der Waals surface area contributed by atoms with Gasteiger partial charge in [0.25, 0.3) is 0 Å².